The highest BCUT2D eigenvalue weighted by molar-refractivity contribution is 6.14. The molecule has 0 saturated heterocycles. The van der Waals surface area contributed by atoms with Crippen molar-refractivity contribution in [1.82, 2.24) is 0 Å². The van der Waals surface area contributed by atoms with Gasteiger partial charge < -0.3 is 15.3 Å². The minimum atomic E-state index is -0.827. The molecular weight excluding hydrogens is 456 g/mol. The van der Waals surface area contributed by atoms with Gasteiger partial charge in [-0.15, -0.1) is 0 Å². The van der Waals surface area contributed by atoms with Gasteiger partial charge in [0.05, 0.1) is 0 Å². The minimum Gasteiger partial charge on any atom is -0.384 e. The number of aliphatic hydroxyl groups is 3. The molecule has 178 valence electrons. The van der Waals surface area contributed by atoms with E-state index in [1.165, 1.54) is 0 Å². The van der Waals surface area contributed by atoms with E-state index >= 15 is 0 Å². The Morgan fingerprint density at radius 1 is 0.541 bits per heavy atom. The molecule has 0 bridgehead atoms. The molecule has 3 unspecified atom stereocenters. The molecule has 6 aromatic rings. The lowest BCUT2D eigenvalue weighted by atomic mass is 9.71. The van der Waals surface area contributed by atoms with Crippen molar-refractivity contribution in [2.24, 2.45) is 0 Å². The van der Waals surface area contributed by atoms with Crippen LogP contribution in [0, 0.1) is 6.92 Å². The Labute approximate surface area is 213 Å². The van der Waals surface area contributed by atoms with E-state index < -0.39 is 18.3 Å². The van der Waals surface area contributed by atoms with Gasteiger partial charge in [0.15, 0.2) is 0 Å². The van der Waals surface area contributed by atoms with E-state index in [4.69, 9.17) is 0 Å². The molecule has 8 rings (SSSR count). The lowest BCUT2D eigenvalue weighted by Gasteiger charge is -2.34. The fourth-order valence-corrected chi connectivity index (χ4v) is 6.70. The van der Waals surface area contributed by atoms with Gasteiger partial charge in [0, 0.05) is 0 Å². The molecule has 0 saturated carbocycles. The van der Waals surface area contributed by atoms with Crippen molar-refractivity contribution in [2.75, 3.05) is 0 Å². The Morgan fingerprint density at radius 2 is 1.11 bits per heavy atom. The summed E-state index contributed by atoms with van der Waals surface area (Å²) in [5.74, 6) is 0. The second-order valence-corrected chi connectivity index (χ2v) is 10.5. The van der Waals surface area contributed by atoms with Crippen molar-refractivity contribution >= 4 is 32.3 Å². The zero-order valence-corrected chi connectivity index (χ0v) is 20.2. The Bertz CT molecular complexity index is 1950. The van der Waals surface area contributed by atoms with Crippen molar-refractivity contribution in [2.45, 2.75) is 25.2 Å². The van der Waals surface area contributed by atoms with Crippen LogP contribution in [-0.2, 0) is 0 Å². The SMILES string of the molecule is Cc1cc2c3c4c(ccc3c1)C(O)c1cc(C(O)c3ccc5ccccc5c3)cc3ccc(c-4c13)C2O. The average Bonchev–Trinajstić information content (AvgIpc) is 2.92. The lowest BCUT2D eigenvalue weighted by Crippen LogP contribution is -2.17. The van der Waals surface area contributed by atoms with E-state index in [9.17, 15) is 15.3 Å². The molecule has 3 atom stereocenters. The summed E-state index contributed by atoms with van der Waals surface area (Å²) in [4.78, 5) is 0. The van der Waals surface area contributed by atoms with Gasteiger partial charge in [0.1, 0.15) is 18.3 Å². The highest BCUT2D eigenvalue weighted by Crippen LogP contribution is 2.55. The third-order valence-electron chi connectivity index (χ3n) is 8.36. The first-order chi connectivity index (χ1) is 18.0. The van der Waals surface area contributed by atoms with E-state index in [1.54, 1.807) is 0 Å². The van der Waals surface area contributed by atoms with Crippen LogP contribution in [-0.4, -0.2) is 15.3 Å². The van der Waals surface area contributed by atoms with Crippen LogP contribution in [0.5, 0.6) is 0 Å². The van der Waals surface area contributed by atoms with Gasteiger partial charge in [-0.3, -0.25) is 0 Å². The predicted octanol–water partition coefficient (Wildman–Crippen LogP) is 6.99. The standard InChI is InChI=1S/C34H24O3/c1-17-12-20-8-10-25-30-28(20)26(13-17)33(36)24-11-9-21-15-23(16-27(34(25)37)29(21)31(24)30)32(35)22-7-6-18-4-2-3-5-19(18)14-22/h2-16,32-37H,1H3. The monoisotopic (exact) mass is 480 g/mol. The molecule has 6 aromatic carbocycles. The first-order valence-corrected chi connectivity index (χ1v) is 12.7. The summed E-state index contributed by atoms with van der Waals surface area (Å²) in [6.07, 6.45) is -2.38. The van der Waals surface area contributed by atoms with Gasteiger partial charge in [-0.1, -0.05) is 78.4 Å². The molecule has 0 amide bonds. The normalized spacial score (nSPS) is 18.2. The lowest BCUT2D eigenvalue weighted by molar-refractivity contribution is 0.213. The fourth-order valence-electron chi connectivity index (χ4n) is 6.70. The maximum atomic E-state index is 11.7. The quantitative estimate of drug-likeness (QED) is 0.250. The van der Waals surface area contributed by atoms with E-state index in [1.807, 2.05) is 79.7 Å². The zero-order valence-electron chi connectivity index (χ0n) is 20.2. The summed E-state index contributed by atoms with van der Waals surface area (Å²) in [6.45, 7) is 2.05. The summed E-state index contributed by atoms with van der Waals surface area (Å²) in [7, 11) is 0. The van der Waals surface area contributed by atoms with Gasteiger partial charge in [-0.05, 0) is 102 Å². The second-order valence-electron chi connectivity index (χ2n) is 10.5. The highest BCUT2D eigenvalue weighted by atomic mass is 16.3. The van der Waals surface area contributed by atoms with Gasteiger partial charge >= 0.3 is 0 Å². The number of hydrogen-bond acceptors (Lipinski definition) is 3. The van der Waals surface area contributed by atoms with E-state index in [0.717, 1.165) is 82.4 Å². The van der Waals surface area contributed by atoms with E-state index in [0.29, 0.717) is 0 Å². The van der Waals surface area contributed by atoms with Crippen LogP contribution in [0.3, 0.4) is 0 Å². The largest absolute Gasteiger partial charge is 0.384 e. The van der Waals surface area contributed by atoms with Crippen LogP contribution in [0.15, 0.2) is 91.0 Å². The Hall–Kier alpha value is -4.02. The van der Waals surface area contributed by atoms with Crippen LogP contribution in [0.1, 0.15) is 57.3 Å². The van der Waals surface area contributed by atoms with Crippen LogP contribution in [0.25, 0.3) is 43.4 Å². The number of aliphatic hydroxyl groups excluding tert-OH is 3. The number of benzene rings is 6. The Balaban J connectivity index is 1.39. The fraction of sp³-hybridized carbons (Fsp3) is 0.118. The van der Waals surface area contributed by atoms with Crippen molar-refractivity contribution in [3.8, 4) is 11.1 Å². The molecule has 0 fully saturated rings. The topological polar surface area (TPSA) is 60.7 Å². The molecule has 0 radical (unpaired) electrons. The minimum absolute atomic E-state index is 0.726. The van der Waals surface area contributed by atoms with Crippen molar-refractivity contribution in [3.63, 3.8) is 0 Å². The third kappa shape index (κ3) is 2.76. The number of fused-ring (bicyclic) bond motifs is 1. The van der Waals surface area contributed by atoms with Crippen molar-refractivity contribution in [3.05, 3.63) is 130 Å². The molecule has 0 spiro atoms. The molecule has 2 aliphatic carbocycles. The molecule has 2 aliphatic rings. The maximum Gasteiger partial charge on any atom is 0.105 e. The van der Waals surface area contributed by atoms with Crippen LogP contribution in [0.2, 0.25) is 0 Å². The predicted molar refractivity (Wildman–Crippen MR) is 148 cm³/mol. The van der Waals surface area contributed by atoms with Gasteiger partial charge in [0.25, 0.3) is 0 Å². The Kier molecular flexibility index (Phi) is 4.15. The summed E-state index contributed by atoms with van der Waals surface area (Å²) < 4.78 is 0. The van der Waals surface area contributed by atoms with E-state index in [-0.39, 0.29) is 0 Å². The molecule has 3 nitrogen and oxygen atoms in total. The van der Waals surface area contributed by atoms with Gasteiger partial charge in [-0.2, -0.15) is 0 Å². The van der Waals surface area contributed by atoms with Crippen LogP contribution in [0.4, 0.5) is 0 Å². The second kappa shape index (κ2) is 7.27. The number of rotatable bonds is 2. The first kappa shape index (κ1) is 21.1. The maximum absolute atomic E-state index is 11.7. The summed E-state index contributed by atoms with van der Waals surface area (Å²) in [6, 6.07) is 30.4. The van der Waals surface area contributed by atoms with Gasteiger partial charge in [-0.25, -0.2) is 0 Å². The van der Waals surface area contributed by atoms with Gasteiger partial charge in [0.2, 0.25) is 0 Å². The third-order valence-corrected chi connectivity index (χ3v) is 8.36. The summed E-state index contributed by atoms with van der Waals surface area (Å²) in [5.41, 5.74) is 8.10. The molecule has 0 aliphatic heterocycles. The van der Waals surface area contributed by atoms with Crippen molar-refractivity contribution in [1.29, 1.82) is 0 Å². The molecule has 0 heterocycles. The summed E-state index contributed by atoms with van der Waals surface area (Å²) >= 11 is 0. The molecule has 0 aromatic heterocycles. The van der Waals surface area contributed by atoms with Crippen LogP contribution >= 0.6 is 0 Å². The molecular formula is C34H24O3. The average molecular weight is 481 g/mol. The smallest absolute Gasteiger partial charge is 0.105 e. The zero-order chi connectivity index (χ0) is 25.0. The van der Waals surface area contributed by atoms with E-state index in [2.05, 4.69) is 18.2 Å². The molecule has 3 N–H and O–H groups in total. The number of hydrogen-bond donors (Lipinski definition) is 3. The molecule has 3 heteroatoms. The van der Waals surface area contributed by atoms with Crippen LogP contribution < -0.4 is 0 Å². The summed E-state index contributed by atoms with van der Waals surface area (Å²) in [5, 5.41) is 40.8. The first-order valence-electron chi connectivity index (χ1n) is 12.7. The molecule has 37 heavy (non-hydrogen) atoms. The number of aryl methyl sites for hydroxylation is 1. The van der Waals surface area contributed by atoms with Crippen molar-refractivity contribution < 1.29 is 15.3 Å². The highest BCUT2D eigenvalue weighted by Gasteiger charge is 2.36. The Morgan fingerprint density at radius 3 is 1.81 bits per heavy atom.